The van der Waals surface area contributed by atoms with Crippen molar-refractivity contribution in [3.63, 3.8) is 0 Å². The highest BCUT2D eigenvalue weighted by Gasteiger charge is 2.37. The summed E-state index contributed by atoms with van der Waals surface area (Å²) in [6.07, 6.45) is 7.01. The zero-order valence-electron chi connectivity index (χ0n) is 14.8. The summed E-state index contributed by atoms with van der Waals surface area (Å²) in [6, 6.07) is 5.81. The van der Waals surface area contributed by atoms with Crippen LogP contribution < -0.4 is 9.47 Å². The molecule has 136 valence electrons. The van der Waals surface area contributed by atoms with Gasteiger partial charge in [0.1, 0.15) is 4.32 Å². The normalized spacial score (nSPS) is 21.2. The molecule has 0 spiro atoms. The first-order chi connectivity index (χ1) is 12.1. The number of ether oxygens (including phenoxy) is 2. The quantitative estimate of drug-likeness (QED) is 0.668. The molecule has 0 N–H and O–H groups in total. The Kier molecular flexibility index (Phi) is 6.23. The van der Waals surface area contributed by atoms with E-state index in [9.17, 15) is 4.79 Å². The van der Waals surface area contributed by atoms with Gasteiger partial charge < -0.3 is 9.47 Å². The van der Waals surface area contributed by atoms with Gasteiger partial charge in [-0.1, -0.05) is 55.7 Å². The number of nitrogens with zero attached hydrogens (tertiary/aromatic N) is 1. The maximum atomic E-state index is 12.8. The molecule has 1 saturated heterocycles. The van der Waals surface area contributed by atoms with Crippen LogP contribution in [0.25, 0.3) is 0 Å². The summed E-state index contributed by atoms with van der Waals surface area (Å²) in [5.74, 6) is 2.31. The molecular weight excluding hydrogens is 354 g/mol. The smallest absolute Gasteiger partial charge is 0.241 e. The zero-order valence-corrected chi connectivity index (χ0v) is 16.5. The maximum absolute atomic E-state index is 12.8. The Morgan fingerprint density at radius 3 is 2.60 bits per heavy atom. The SMILES string of the molecule is COc1ccc(C[C@H]2SC(=S)N(CCC3CCCC3)C2=O)cc1OC. The molecule has 3 rings (SSSR count). The number of benzene rings is 1. The van der Waals surface area contributed by atoms with E-state index in [1.807, 2.05) is 23.1 Å². The lowest BCUT2D eigenvalue weighted by molar-refractivity contribution is -0.126. The zero-order chi connectivity index (χ0) is 17.8. The van der Waals surface area contributed by atoms with Crippen LogP contribution in [-0.4, -0.2) is 41.1 Å². The van der Waals surface area contributed by atoms with Gasteiger partial charge >= 0.3 is 0 Å². The van der Waals surface area contributed by atoms with E-state index in [1.165, 1.54) is 37.4 Å². The molecule has 1 heterocycles. The summed E-state index contributed by atoms with van der Waals surface area (Å²) in [4.78, 5) is 14.6. The van der Waals surface area contributed by atoms with Crippen LogP contribution in [0, 0.1) is 5.92 Å². The molecule has 1 aromatic rings. The average Bonchev–Trinajstić information content (AvgIpc) is 3.22. The summed E-state index contributed by atoms with van der Waals surface area (Å²) in [6.45, 7) is 0.776. The van der Waals surface area contributed by atoms with Crippen LogP contribution in [-0.2, 0) is 11.2 Å². The molecule has 0 aromatic heterocycles. The molecule has 0 bridgehead atoms. The number of thiocarbonyl (C=S) groups is 1. The van der Waals surface area contributed by atoms with Crippen molar-refractivity contribution < 1.29 is 14.3 Å². The minimum absolute atomic E-state index is 0.130. The van der Waals surface area contributed by atoms with E-state index in [0.717, 1.165) is 28.8 Å². The summed E-state index contributed by atoms with van der Waals surface area (Å²) in [7, 11) is 3.24. The van der Waals surface area contributed by atoms with Gasteiger partial charge in [0.05, 0.1) is 19.5 Å². The van der Waals surface area contributed by atoms with Gasteiger partial charge in [0.2, 0.25) is 5.91 Å². The Bertz CT molecular complexity index is 644. The minimum atomic E-state index is -0.130. The number of amides is 1. The van der Waals surface area contributed by atoms with E-state index in [0.29, 0.717) is 17.9 Å². The molecule has 0 radical (unpaired) electrons. The van der Waals surface area contributed by atoms with E-state index >= 15 is 0 Å². The Balaban J connectivity index is 1.61. The van der Waals surface area contributed by atoms with Crippen LogP contribution in [0.3, 0.4) is 0 Å². The van der Waals surface area contributed by atoms with Crippen molar-refractivity contribution in [2.75, 3.05) is 20.8 Å². The molecule has 25 heavy (non-hydrogen) atoms. The lowest BCUT2D eigenvalue weighted by Crippen LogP contribution is -2.33. The Morgan fingerprint density at radius 1 is 1.20 bits per heavy atom. The minimum Gasteiger partial charge on any atom is -0.493 e. The number of carbonyl (C=O) groups excluding carboxylic acids is 1. The van der Waals surface area contributed by atoms with Crippen molar-refractivity contribution in [3.8, 4) is 11.5 Å². The second kappa shape index (κ2) is 8.41. The predicted octanol–water partition coefficient (Wildman–Crippen LogP) is 4.06. The molecule has 1 aliphatic heterocycles. The second-order valence-electron chi connectivity index (χ2n) is 6.69. The fraction of sp³-hybridized carbons (Fsp3) is 0.579. The molecule has 4 nitrogen and oxygen atoms in total. The van der Waals surface area contributed by atoms with Gasteiger partial charge in [-0.2, -0.15) is 0 Å². The highest BCUT2D eigenvalue weighted by Crippen LogP contribution is 2.34. The van der Waals surface area contributed by atoms with Crippen LogP contribution in [0.15, 0.2) is 18.2 Å². The van der Waals surface area contributed by atoms with Crippen molar-refractivity contribution in [2.24, 2.45) is 5.92 Å². The van der Waals surface area contributed by atoms with Crippen molar-refractivity contribution in [2.45, 2.75) is 43.8 Å². The fourth-order valence-corrected chi connectivity index (χ4v) is 5.25. The summed E-state index contributed by atoms with van der Waals surface area (Å²) >= 11 is 6.98. The molecule has 1 atom stereocenters. The van der Waals surface area contributed by atoms with Crippen LogP contribution in [0.1, 0.15) is 37.7 Å². The van der Waals surface area contributed by atoms with Crippen molar-refractivity contribution in [1.29, 1.82) is 0 Å². The van der Waals surface area contributed by atoms with Gasteiger partial charge in [0.25, 0.3) is 0 Å². The molecule has 1 saturated carbocycles. The molecule has 6 heteroatoms. The lowest BCUT2D eigenvalue weighted by Gasteiger charge is -2.18. The largest absolute Gasteiger partial charge is 0.493 e. The summed E-state index contributed by atoms with van der Waals surface area (Å²) in [5, 5.41) is -0.130. The maximum Gasteiger partial charge on any atom is 0.241 e. The topological polar surface area (TPSA) is 38.8 Å². The number of methoxy groups -OCH3 is 2. The Labute approximate surface area is 159 Å². The molecule has 0 unspecified atom stereocenters. The third-order valence-electron chi connectivity index (χ3n) is 5.11. The van der Waals surface area contributed by atoms with Crippen molar-refractivity contribution in [3.05, 3.63) is 23.8 Å². The Hall–Kier alpha value is -1.27. The summed E-state index contributed by atoms with van der Waals surface area (Å²) < 4.78 is 11.4. The number of carbonyl (C=O) groups is 1. The monoisotopic (exact) mass is 379 g/mol. The summed E-state index contributed by atoms with van der Waals surface area (Å²) in [5.41, 5.74) is 1.06. The molecule has 2 aliphatic rings. The van der Waals surface area contributed by atoms with Gasteiger partial charge in [-0.3, -0.25) is 9.69 Å². The van der Waals surface area contributed by atoms with Gasteiger partial charge in [-0.05, 0) is 36.5 Å². The van der Waals surface area contributed by atoms with Crippen LogP contribution >= 0.6 is 24.0 Å². The van der Waals surface area contributed by atoms with E-state index < -0.39 is 0 Å². The first-order valence-electron chi connectivity index (χ1n) is 8.85. The molecule has 1 aromatic carbocycles. The average molecular weight is 380 g/mol. The lowest BCUT2D eigenvalue weighted by atomic mass is 10.0. The third-order valence-corrected chi connectivity index (χ3v) is 6.69. The highest BCUT2D eigenvalue weighted by molar-refractivity contribution is 8.24. The standard InChI is InChI=1S/C19H25NO3S2/c1-22-15-8-7-14(11-16(15)23-2)12-17-18(21)20(19(24)25-17)10-9-13-5-3-4-6-13/h7-8,11,13,17H,3-6,9-10,12H2,1-2H3/t17-/m1/s1. The first-order valence-corrected chi connectivity index (χ1v) is 10.1. The number of hydrogen-bond acceptors (Lipinski definition) is 5. The Morgan fingerprint density at radius 2 is 1.92 bits per heavy atom. The fourth-order valence-electron chi connectivity index (χ4n) is 3.66. The number of thioether (sulfide) groups is 1. The van der Waals surface area contributed by atoms with E-state index in [1.54, 1.807) is 14.2 Å². The van der Waals surface area contributed by atoms with E-state index in [4.69, 9.17) is 21.7 Å². The van der Waals surface area contributed by atoms with Crippen LogP contribution in [0.4, 0.5) is 0 Å². The van der Waals surface area contributed by atoms with E-state index in [-0.39, 0.29) is 11.2 Å². The predicted molar refractivity (Wildman–Crippen MR) is 106 cm³/mol. The van der Waals surface area contributed by atoms with Crippen molar-refractivity contribution in [1.82, 2.24) is 4.90 Å². The molecule has 1 aliphatic carbocycles. The molecular formula is C19H25NO3S2. The van der Waals surface area contributed by atoms with Gasteiger partial charge in [-0.25, -0.2) is 0 Å². The number of hydrogen-bond donors (Lipinski definition) is 0. The second-order valence-corrected chi connectivity index (χ2v) is 8.53. The number of rotatable bonds is 7. The molecule has 2 fully saturated rings. The van der Waals surface area contributed by atoms with Gasteiger partial charge in [0, 0.05) is 6.54 Å². The molecule has 1 amide bonds. The van der Waals surface area contributed by atoms with Crippen molar-refractivity contribution >= 4 is 34.2 Å². The third kappa shape index (κ3) is 4.29. The highest BCUT2D eigenvalue weighted by atomic mass is 32.2. The van der Waals surface area contributed by atoms with E-state index in [2.05, 4.69) is 0 Å². The van der Waals surface area contributed by atoms with Crippen LogP contribution in [0.2, 0.25) is 0 Å². The van der Waals surface area contributed by atoms with Gasteiger partial charge in [-0.15, -0.1) is 0 Å². The first kappa shape index (κ1) is 18.5. The van der Waals surface area contributed by atoms with Gasteiger partial charge in [0.15, 0.2) is 11.5 Å². The van der Waals surface area contributed by atoms with Crippen LogP contribution in [0.5, 0.6) is 11.5 Å².